The Morgan fingerprint density at radius 3 is 2.44 bits per heavy atom. The molecule has 0 aliphatic rings. The van der Waals surface area contributed by atoms with Gasteiger partial charge in [-0.15, -0.1) is 0 Å². The first kappa shape index (κ1) is 16.2. The van der Waals surface area contributed by atoms with Crippen LogP contribution in [0.3, 0.4) is 0 Å². The van der Waals surface area contributed by atoms with Gasteiger partial charge in [-0.1, -0.05) is 30.3 Å². The SMILES string of the molecule is O=C(O)c1c(O)c2ccccc2n(Cc2ccccc2[N+](=O)[O-])c1=O. The summed E-state index contributed by atoms with van der Waals surface area (Å²) in [4.78, 5) is 34.6. The smallest absolute Gasteiger partial charge is 0.345 e. The molecule has 0 radical (unpaired) electrons. The fraction of sp³-hybridized carbons (Fsp3) is 0.0588. The zero-order chi connectivity index (χ0) is 18.1. The fourth-order valence-corrected chi connectivity index (χ4v) is 2.73. The highest BCUT2D eigenvalue weighted by Gasteiger charge is 2.23. The Bertz CT molecular complexity index is 1070. The largest absolute Gasteiger partial charge is 0.506 e. The number of benzene rings is 2. The van der Waals surface area contributed by atoms with E-state index in [0.29, 0.717) is 0 Å². The third kappa shape index (κ3) is 2.69. The van der Waals surface area contributed by atoms with Crippen molar-refractivity contribution in [3.63, 3.8) is 0 Å². The maximum absolute atomic E-state index is 12.6. The average molecular weight is 340 g/mol. The van der Waals surface area contributed by atoms with E-state index in [1.807, 2.05) is 0 Å². The van der Waals surface area contributed by atoms with Crippen LogP contribution in [0.4, 0.5) is 5.69 Å². The van der Waals surface area contributed by atoms with Crippen molar-refractivity contribution < 1.29 is 19.9 Å². The van der Waals surface area contributed by atoms with Crippen molar-refractivity contribution in [1.29, 1.82) is 0 Å². The molecule has 8 nitrogen and oxygen atoms in total. The van der Waals surface area contributed by atoms with E-state index in [2.05, 4.69) is 0 Å². The molecule has 0 atom stereocenters. The van der Waals surface area contributed by atoms with Crippen LogP contribution in [0.15, 0.2) is 53.3 Å². The molecule has 1 aromatic heterocycles. The summed E-state index contributed by atoms with van der Waals surface area (Å²) in [6, 6.07) is 12.1. The lowest BCUT2D eigenvalue weighted by molar-refractivity contribution is -0.385. The highest BCUT2D eigenvalue weighted by molar-refractivity contribution is 5.98. The van der Waals surface area contributed by atoms with E-state index in [1.54, 1.807) is 18.2 Å². The second-order valence-electron chi connectivity index (χ2n) is 5.32. The van der Waals surface area contributed by atoms with Crippen LogP contribution < -0.4 is 5.56 Å². The number of rotatable bonds is 4. The number of hydrogen-bond donors (Lipinski definition) is 2. The molecule has 3 rings (SSSR count). The van der Waals surface area contributed by atoms with E-state index in [0.717, 1.165) is 4.57 Å². The second-order valence-corrected chi connectivity index (χ2v) is 5.32. The fourth-order valence-electron chi connectivity index (χ4n) is 2.73. The van der Waals surface area contributed by atoms with Crippen molar-refractivity contribution in [3.05, 3.63) is 80.1 Å². The Morgan fingerprint density at radius 1 is 1.12 bits per heavy atom. The standard InChI is InChI=1S/C17H12N2O6/c20-15-11-6-2-4-8-13(11)18(16(21)14(15)17(22)23)9-10-5-1-3-7-12(10)19(24)25/h1-8,20H,9H2,(H,22,23). The van der Waals surface area contributed by atoms with Gasteiger partial charge in [0.05, 0.1) is 17.0 Å². The molecule has 2 aromatic carbocycles. The summed E-state index contributed by atoms with van der Waals surface area (Å²) in [5.74, 6) is -2.18. The van der Waals surface area contributed by atoms with Gasteiger partial charge in [-0.25, -0.2) is 4.79 Å². The lowest BCUT2D eigenvalue weighted by Crippen LogP contribution is -2.27. The number of fused-ring (bicyclic) bond motifs is 1. The molecular weight excluding hydrogens is 328 g/mol. The van der Waals surface area contributed by atoms with E-state index in [-0.39, 0.29) is 28.7 Å². The number of hydrogen-bond acceptors (Lipinski definition) is 5. The minimum Gasteiger partial charge on any atom is -0.506 e. The summed E-state index contributed by atoms with van der Waals surface area (Å²) in [5.41, 5.74) is -1.34. The lowest BCUT2D eigenvalue weighted by Gasteiger charge is -2.13. The van der Waals surface area contributed by atoms with Gasteiger partial charge in [-0.2, -0.15) is 0 Å². The highest BCUT2D eigenvalue weighted by Crippen LogP contribution is 2.27. The van der Waals surface area contributed by atoms with Crippen LogP contribution in [-0.2, 0) is 6.54 Å². The van der Waals surface area contributed by atoms with Crippen molar-refractivity contribution in [3.8, 4) is 5.75 Å². The van der Waals surface area contributed by atoms with E-state index in [1.165, 1.54) is 30.3 Å². The second kappa shape index (κ2) is 6.08. The molecule has 8 heteroatoms. The number of aromatic nitrogens is 1. The summed E-state index contributed by atoms with van der Waals surface area (Å²) in [6.07, 6.45) is 0. The lowest BCUT2D eigenvalue weighted by atomic mass is 10.1. The first-order chi connectivity index (χ1) is 11.9. The molecule has 0 spiro atoms. The number of aromatic hydroxyl groups is 1. The van der Waals surface area contributed by atoms with Crippen molar-refractivity contribution >= 4 is 22.6 Å². The summed E-state index contributed by atoms with van der Waals surface area (Å²) in [6.45, 7) is -0.197. The van der Waals surface area contributed by atoms with Crippen molar-refractivity contribution in [1.82, 2.24) is 4.57 Å². The molecule has 0 unspecified atom stereocenters. The van der Waals surface area contributed by atoms with Crippen LogP contribution >= 0.6 is 0 Å². The number of carboxylic acid groups (broad SMARTS) is 1. The van der Waals surface area contributed by atoms with Gasteiger partial charge in [0.1, 0.15) is 5.75 Å². The molecule has 126 valence electrons. The van der Waals surface area contributed by atoms with Gasteiger partial charge in [-0.05, 0) is 12.1 Å². The Morgan fingerprint density at radius 2 is 1.76 bits per heavy atom. The summed E-state index contributed by atoms with van der Waals surface area (Å²) < 4.78 is 1.11. The van der Waals surface area contributed by atoms with Crippen LogP contribution in [-0.4, -0.2) is 25.7 Å². The third-order valence-electron chi connectivity index (χ3n) is 3.88. The average Bonchev–Trinajstić information content (AvgIpc) is 2.58. The van der Waals surface area contributed by atoms with Gasteiger partial charge < -0.3 is 14.8 Å². The number of pyridine rings is 1. The number of carboxylic acids is 1. The first-order valence-electron chi connectivity index (χ1n) is 7.22. The zero-order valence-corrected chi connectivity index (χ0v) is 12.7. The van der Waals surface area contributed by atoms with E-state index < -0.39 is 27.8 Å². The van der Waals surface area contributed by atoms with E-state index >= 15 is 0 Å². The van der Waals surface area contributed by atoms with Crippen molar-refractivity contribution in [2.24, 2.45) is 0 Å². The summed E-state index contributed by atoms with van der Waals surface area (Å²) in [7, 11) is 0. The van der Waals surface area contributed by atoms with Crippen molar-refractivity contribution in [2.45, 2.75) is 6.54 Å². The summed E-state index contributed by atoms with van der Waals surface area (Å²) >= 11 is 0. The molecule has 0 saturated heterocycles. The zero-order valence-electron chi connectivity index (χ0n) is 12.7. The summed E-state index contributed by atoms with van der Waals surface area (Å²) in [5, 5.41) is 30.7. The van der Waals surface area contributed by atoms with Gasteiger partial charge in [0.2, 0.25) is 0 Å². The molecule has 25 heavy (non-hydrogen) atoms. The Balaban J connectivity index is 2.32. The van der Waals surface area contributed by atoms with Crippen LogP contribution in [0.1, 0.15) is 15.9 Å². The molecule has 0 amide bonds. The van der Waals surface area contributed by atoms with E-state index in [4.69, 9.17) is 0 Å². The van der Waals surface area contributed by atoms with Crippen LogP contribution in [0.5, 0.6) is 5.75 Å². The van der Waals surface area contributed by atoms with Crippen molar-refractivity contribution in [2.75, 3.05) is 0 Å². The Labute approximate surface area is 140 Å². The minimum atomic E-state index is -1.57. The predicted molar refractivity (Wildman–Crippen MR) is 89.0 cm³/mol. The number of nitrogens with zero attached hydrogens (tertiary/aromatic N) is 2. The quantitative estimate of drug-likeness (QED) is 0.555. The number of nitro benzene ring substituents is 1. The van der Waals surface area contributed by atoms with E-state index in [9.17, 15) is 29.9 Å². The normalized spacial score (nSPS) is 10.7. The third-order valence-corrected chi connectivity index (χ3v) is 3.88. The number of aromatic carboxylic acids is 1. The Hall–Kier alpha value is -3.68. The number of nitro groups is 1. The molecule has 0 saturated carbocycles. The van der Waals surface area contributed by atoms with Gasteiger partial charge >= 0.3 is 5.97 Å². The molecule has 3 aromatic rings. The Kier molecular flexibility index (Phi) is 3.94. The van der Waals surface area contributed by atoms with Gasteiger partial charge in [0, 0.05) is 17.0 Å². The molecule has 1 heterocycles. The topological polar surface area (TPSA) is 123 Å². The molecule has 0 bridgehead atoms. The maximum atomic E-state index is 12.6. The first-order valence-corrected chi connectivity index (χ1v) is 7.22. The predicted octanol–water partition coefficient (Wildman–Crippen LogP) is 2.36. The molecule has 0 fully saturated rings. The van der Waals surface area contributed by atoms with Crippen LogP contribution in [0.25, 0.3) is 10.9 Å². The number of carbonyl (C=O) groups is 1. The molecule has 0 aliphatic heterocycles. The molecule has 0 aliphatic carbocycles. The molecule has 2 N–H and O–H groups in total. The van der Waals surface area contributed by atoms with Gasteiger partial charge in [0.25, 0.3) is 11.2 Å². The minimum absolute atomic E-state index is 0.177. The number of para-hydroxylation sites is 2. The highest BCUT2D eigenvalue weighted by atomic mass is 16.6. The van der Waals surface area contributed by atoms with Gasteiger partial charge in [-0.3, -0.25) is 14.9 Å². The van der Waals surface area contributed by atoms with Crippen LogP contribution in [0, 0.1) is 10.1 Å². The molecular formula is C17H12N2O6. The van der Waals surface area contributed by atoms with Gasteiger partial charge in [0.15, 0.2) is 5.56 Å². The van der Waals surface area contributed by atoms with Crippen LogP contribution in [0.2, 0.25) is 0 Å². The monoisotopic (exact) mass is 340 g/mol. The maximum Gasteiger partial charge on any atom is 0.345 e.